The van der Waals surface area contributed by atoms with Crippen LogP contribution in [0.2, 0.25) is 0 Å². The van der Waals surface area contributed by atoms with Crippen LogP contribution in [0.25, 0.3) is 0 Å². The summed E-state index contributed by atoms with van der Waals surface area (Å²) in [4.78, 5) is 0. The van der Waals surface area contributed by atoms with Gasteiger partial charge in [0.15, 0.2) is 0 Å². The van der Waals surface area contributed by atoms with E-state index in [4.69, 9.17) is 0 Å². The lowest BCUT2D eigenvalue weighted by molar-refractivity contribution is 0.368. The Balaban J connectivity index is 1.42. The summed E-state index contributed by atoms with van der Waals surface area (Å²) in [6.07, 6.45) is 18.2. The van der Waals surface area contributed by atoms with Crippen LogP contribution < -0.4 is 0 Å². The second-order valence-electron chi connectivity index (χ2n) is 8.19. The molecule has 0 aromatic carbocycles. The smallest absolute Gasteiger partial charge is 0.0375 e. The van der Waals surface area contributed by atoms with Crippen molar-refractivity contribution in [2.24, 2.45) is 23.7 Å². The van der Waals surface area contributed by atoms with Gasteiger partial charge in [-0.15, -0.1) is 0 Å². The van der Waals surface area contributed by atoms with Crippen LogP contribution in [0.3, 0.4) is 0 Å². The molecule has 3 atom stereocenters. The van der Waals surface area contributed by atoms with Gasteiger partial charge in [-0.25, -0.2) is 4.31 Å². The molecule has 0 saturated heterocycles. The molecule has 0 N–H and O–H groups in total. The van der Waals surface area contributed by atoms with Gasteiger partial charge in [0, 0.05) is 18.3 Å². The van der Waals surface area contributed by atoms with Crippen molar-refractivity contribution < 1.29 is 0 Å². The van der Waals surface area contributed by atoms with E-state index >= 15 is 0 Å². The average Bonchev–Trinajstić information content (AvgIpc) is 3.41. The molecule has 0 radical (unpaired) electrons. The van der Waals surface area contributed by atoms with Crippen LogP contribution in [0, 0.1) is 23.7 Å². The minimum atomic E-state index is 0.750. The van der Waals surface area contributed by atoms with Crippen LogP contribution in [0.4, 0.5) is 0 Å². The van der Waals surface area contributed by atoms with E-state index in [2.05, 4.69) is 42.3 Å². The van der Waals surface area contributed by atoms with E-state index in [0.29, 0.717) is 0 Å². The first-order valence-corrected chi connectivity index (χ1v) is 10.7. The molecule has 0 aliphatic heterocycles. The van der Waals surface area contributed by atoms with Crippen molar-refractivity contribution in [3.8, 4) is 0 Å². The summed E-state index contributed by atoms with van der Waals surface area (Å²) in [5, 5.41) is 0.750. The Kier molecular flexibility index (Phi) is 6.33. The van der Waals surface area contributed by atoms with Crippen molar-refractivity contribution in [1.82, 2.24) is 4.31 Å². The summed E-state index contributed by atoms with van der Waals surface area (Å²) in [5.74, 6) is 3.84. The molecule has 0 heterocycles. The van der Waals surface area contributed by atoms with Gasteiger partial charge < -0.3 is 0 Å². The standard InChI is InChI=1S/C20H35NS/c1-3-16(2)14-21(15-19-8-9-19)22-20-12-10-18(11-13-20)7-6-17-4-5-17/h10,12,16-20H,3-9,11,13-15H2,1-2H3. The fourth-order valence-electron chi connectivity index (χ4n) is 3.45. The number of allylic oxidation sites excluding steroid dienone is 1. The lowest BCUT2D eigenvalue weighted by Gasteiger charge is -2.30. The molecule has 0 bridgehead atoms. The summed E-state index contributed by atoms with van der Waals surface area (Å²) in [6, 6.07) is 0. The summed E-state index contributed by atoms with van der Waals surface area (Å²) >= 11 is 2.16. The molecule has 3 aliphatic rings. The molecule has 2 saturated carbocycles. The summed E-state index contributed by atoms with van der Waals surface area (Å²) in [5.41, 5.74) is 0. The Labute approximate surface area is 142 Å². The topological polar surface area (TPSA) is 3.24 Å². The monoisotopic (exact) mass is 321 g/mol. The molecule has 3 aliphatic carbocycles. The van der Waals surface area contributed by atoms with Crippen LogP contribution >= 0.6 is 11.9 Å². The third kappa shape index (κ3) is 5.92. The molecule has 0 aromatic heterocycles. The summed E-state index contributed by atoms with van der Waals surface area (Å²) in [6.45, 7) is 7.36. The van der Waals surface area contributed by atoms with Gasteiger partial charge in [0.1, 0.15) is 0 Å². The van der Waals surface area contributed by atoms with Gasteiger partial charge in [-0.1, -0.05) is 57.2 Å². The molecule has 2 heteroatoms. The number of hydrogen-bond donors (Lipinski definition) is 0. The van der Waals surface area contributed by atoms with Crippen LogP contribution in [-0.2, 0) is 0 Å². The lowest BCUT2D eigenvalue weighted by atomic mass is 9.91. The molecule has 22 heavy (non-hydrogen) atoms. The highest BCUT2D eigenvalue weighted by molar-refractivity contribution is 7.97. The van der Waals surface area contributed by atoms with Gasteiger partial charge in [-0.05, 0) is 62.2 Å². The maximum Gasteiger partial charge on any atom is 0.0375 e. The molecule has 3 unspecified atom stereocenters. The zero-order valence-corrected chi connectivity index (χ0v) is 15.5. The van der Waals surface area contributed by atoms with E-state index in [1.807, 2.05) is 0 Å². The quantitative estimate of drug-likeness (QED) is 0.363. The average molecular weight is 322 g/mol. The van der Waals surface area contributed by atoms with Crippen molar-refractivity contribution in [3.05, 3.63) is 12.2 Å². The molecule has 126 valence electrons. The van der Waals surface area contributed by atoms with E-state index < -0.39 is 0 Å². The Morgan fingerprint density at radius 3 is 2.36 bits per heavy atom. The molecule has 2 fully saturated rings. The lowest BCUT2D eigenvalue weighted by Crippen LogP contribution is -2.27. The van der Waals surface area contributed by atoms with Crippen LogP contribution in [0.5, 0.6) is 0 Å². The Bertz CT molecular complexity index is 359. The summed E-state index contributed by atoms with van der Waals surface area (Å²) < 4.78 is 2.71. The van der Waals surface area contributed by atoms with Crippen LogP contribution in [0.15, 0.2) is 12.2 Å². The first-order chi connectivity index (χ1) is 10.7. The van der Waals surface area contributed by atoms with Gasteiger partial charge in [0.2, 0.25) is 0 Å². The zero-order chi connectivity index (χ0) is 15.4. The fraction of sp³-hybridized carbons (Fsp3) is 0.900. The minimum absolute atomic E-state index is 0.750. The molecule has 3 rings (SSSR count). The van der Waals surface area contributed by atoms with Crippen LogP contribution in [0.1, 0.15) is 71.6 Å². The van der Waals surface area contributed by atoms with Crippen molar-refractivity contribution in [2.45, 2.75) is 76.9 Å². The van der Waals surface area contributed by atoms with Gasteiger partial charge in [-0.3, -0.25) is 0 Å². The second-order valence-corrected chi connectivity index (χ2v) is 9.52. The molecular formula is C20H35NS. The molecule has 0 aromatic rings. The van der Waals surface area contributed by atoms with Gasteiger partial charge in [0.05, 0.1) is 0 Å². The highest BCUT2D eigenvalue weighted by atomic mass is 32.2. The fourth-order valence-corrected chi connectivity index (χ4v) is 4.88. The van der Waals surface area contributed by atoms with E-state index in [1.54, 1.807) is 0 Å². The minimum Gasteiger partial charge on any atom is -0.250 e. The van der Waals surface area contributed by atoms with Gasteiger partial charge in [0.25, 0.3) is 0 Å². The SMILES string of the molecule is CCC(C)CN(CC1CC1)SC1C=CC(CCC2CC2)CC1. The van der Waals surface area contributed by atoms with E-state index in [-0.39, 0.29) is 0 Å². The zero-order valence-electron chi connectivity index (χ0n) is 14.7. The normalized spacial score (nSPS) is 30.0. The maximum atomic E-state index is 2.71. The van der Waals surface area contributed by atoms with E-state index in [9.17, 15) is 0 Å². The summed E-state index contributed by atoms with van der Waals surface area (Å²) in [7, 11) is 0. The Hall–Kier alpha value is 0.0500. The first-order valence-electron chi connectivity index (χ1n) is 9.83. The van der Waals surface area contributed by atoms with Gasteiger partial charge in [-0.2, -0.15) is 0 Å². The number of nitrogens with zero attached hydrogens (tertiary/aromatic N) is 1. The third-order valence-corrected chi connectivity index (χ3v) is 6.98. The second kappa shape index (κ2) is 8.24. The van der Waals surface area contributed by atoms with Crippen molar-refractivity contribution in [1.29, 1.82) is 0 Å². The molecular weight excluding hydrogens is 286 g/mol. The third-order valence-electron chi connectivity index (χ3n) is 5.72. The predicted octanol–water partition coefficient (Wildman–Crippen LogP) is 5.92. The van der Waals surface area contributed by atoms with Crippen molar-refractivity contribution >= 4 is 11.9 Å². The molecule has 0 amide bonds. The molecule has 1 nitrogen and oxygen atoms in total. The maximum absolute atomic E-state index is 2.71. The number of rotatable bonds is 10. The first kappa shape index (κ1) is 16.9. The van der Waals surface area contributed by atoms with E-state index in [1.165, 1.54) is 70.9 Å². The van der Waals surface area contributed by atoms with Gasteiger partial charge >= 0.3 is 0 Å². The highest BCUT2D eigenvalue weighted by Gasteiger charge is 2.28. The predicted molar refractivity (Wildman–Crippen MR) is 99.0 cm³/mol. The Morgan fingerprint density at radius 1 is 1.00 bits per heavy atom. The molecule has 0 spiro atoms. The number of hydrogen-bond acceptors (Lipinski definition) is 2. The Morgan fingerprint density at radius 2 is 1.77 bits per heavy atom. The van der Waals surface area contributed by atoms with Crippen molar-refractivity contribution in [2.75, 3.05) is 13.1 Å². The largest absolute Gasteiger partial charge is 0.250 e. The van der Waals surface area contributed by atoms with E-state index in [0.717, 1.165) is 28.9 Å². The van der Waals surface area contributed by atoms with Crippen LogP contribution in [-0.4, -0.2) is 22.6 Å². The van der Waals surface area contributed by atoms with Crippen molar-refractivity contribution in [3.63, 3.8) is 0 Å². The highest BCUT2D eigenvalue weighted by Crippen LogP contribution is 2.38.